The summed E-state index contributed by atoms with van der Waals surface area (Å²) in [6, 6.07) is 9.26. The van der Waals surface area contributed by atoms with E-state index in [1.165, 1.54) is 0 Å². The van der Waals surface area contributed by atoms with Crippen molar-refractivity contribution in [1.29, 1.82) is 0 Å². The Bertz CT molecular complexity index is 153. The quantitative estimate of drug-likeness (QED) is 0.605. The lowest BCUT2D eigenvalue weighted by Crippen LogP contribution is -1.57. The lowest BCUT2D eigenvalue weighted by atomic mass is 10.3. The SMILES string of the molecule is ClCCl.Oc1cc[c]cc1. The molecule has 0 aliphatic heterocycles. The predicted molar refractivity (Wildman–Crippen MR) is 43.5 cm³/mol. The molecule has 0 fully saturated rings. The molecule has 1 nitrogen and oxygen atoms in total. The van der Waals surface area contributed by atoms with E-state index >= 15 is 0 Å². The maximum atomic E-state index is 8.61. The average molecular weight is 178 g/mol. The van der Waals surface area contributed by atoms with Crippen LogP contribution in [0.25, 0.3) is 0 Å². The molecule has 0 amide bonds. The van der Waals surface area contributed by atoms with Gasteiger partial charge in [-0.15, -0.1) is 23.2 Å². The van der Waals surface area contributed by atoms with E-state index in [0.717, 1.165) is 0 Å². The van der Waals surface area contributed by atoms with Crippen molar-refractivity contribution in [2.45, 2.75) is 0 Å². The second-order valence-corrected chi connectivity index (χ2v) is 2.17. The Morgan fingerprint density at radius 3 is 1.90 bits per heavy atom. The van der Waals surface area contributed by atoms with Crippen LogP contribution >= 0.6 is 23.2 Å². The Hall–Kier alpha value is -0.400. The molecule has 0 aromatic heterocycles. The summed E-state index contributed by atoms with van der Waals surface area (Å²) in [6.07, 6.45) is 0. The van der Waals surface area contributed by atoms with Crippen LogP contribution in [-0.4, -0.2) is 10.4 Å². The van der Waals surface area contributed by atoms with Crippen molar-refractivity contribution in [3.05, 3.63) is 30.3 Å². The molecule has 0 aliphatic carbocycles. The van der Waals surface area contributed by atoms with Crippen molar-refractivity contribution < 1.29 is 5.11 Å². The van der Waals surface area contributed by atoms with Gasteiger partial charge in [-0.25, -0.2) is 0 Å². The Labute approximate surface area is 70.2 Å². The van der Waals surface area contributed by atoms with Gasteiger partial charge in [-0.3, -0.25) is 0 Å². The molecule has 1 rings (SSSR count). The lowest BCUT2D eigenvalue weighted by Gasteiger charge is -1.81. The number of benzene rings is 1. The zero-order valence-corrected chi connectivity index (χ0v) is 6.73. The maximum absolute atomic E-state index is 8.61. The van der Waals surface area contributed by atoms with E-state index < -0.39 is 0 Å². The molecule has 0 atom stereocenters. The summed E-state index contributed by atoms with van der Waals surface area (Å²) in [6.45, 7) is 0. The molecular weight excluding hydrogens is 171 g/mol. The van der Waals surface area contributed by atoms with Crippen LogP contribution in [0.1, 0.15) is 0 Å². The molecule has 0 saturated heterocycles. The molecule has 1 aromatic carbocycles. The van der Waals surface area contributed by atoms with Crippen LogP contribution in [0.3, 0.4) is 0 Å². The highest BCUT2D eigenvalue weighted by molar-refractivity contribution is 6.40. The minimum atomic E-state index is 0.194. The van der Waals surface area contributed by atoms with Gasteiger partial charge < -0.3 is 5.11 Å². The number of aromatic hydroxyl groups is 1. The fourth-order valence-electron chi connectivity index (χ4n) is 0.378. The summed E-state index contributed by atoms with van der Waals surface area (Å²) >= 11 is 9.53. The summed E-state index contributed by atoms with van der Waals surface area (Å²) in [5, 5.41) is 8.81. The van der Waals surface area contributed by atoms with Gasteiger partial charge in [-0.1, -0.05) is 12.1 Å². The van der Waals surface area contributed by atoms with Crippen LogP contribution < -0.4 is 0 Å². The molecule has 10 heavy (non-hydrogen) atoms. The van der Waals surface area contributed by atoms with Gasteiger partial charge in [-0.05, 0) is 18.2 Å². The molecule has 0 bridgehead atoms. The van der Waals surface area contributed by atoms with E-state index in [-0.39, 0.29) is 5.34 Å². The summed E-state index contributed by atoms with van der Waals surface area (Å²) in [5.41, 5.74) is 0. The predicted octanol–water partition coefficient (Wildman–Crippen LogP) is 2.61. The highest BCUT2D eigenvalue weighted by Crippen LogP contribution is 2.02. The van der Waals surface area contributed by atoms with Crippen LogP contribution in [0, 0.1) is 6.07 Å². The normalized spacial score (nSPS) is 7.80. The first-order valence-corrected chi connectivity index (χ1v) is 3.65. The van der Waals surface area contributed by atoms with E-state index in [2.05, 4.69) is 6.07 Å². The molecule has 1 aromatic rings. The third-order valence-corrected chi connectivity index (χ3v) is 0.701. The zero-order valence-electron chi connectivity index (χ0n) is 5.22. The fourth-order valence-corrected chi connectivity index (χ4v) is 0.378. The van der Waals surface area contributed by atoms with Gasteiger partial charge in [0.05, 0.1) is 5.34 Å². The van der Waals surface area contributed by atoms with E-state index in [1.54, 1.807) is 24.3 Å². The van der Waals surface area contributed by atoms with Gasteiger partial charge in [0.25, 0.3) is 0 Å². The maximum Gasteiger partial charge on any atom is 0.115 e. The van der Waals surface area contributed by atoms with Gasteiger partial charge in [0.2, 0.25) is 0 Å². The number of hydrogen-bond donors (Lipinski definition) is 1. The van der Waals surface area contributed by atoms with Crippen molar-refractivity contribution in [2.75, 3.05) is 5.34 Å². The smallest absolute Gasteiger partial charge is 0.115 e. The highest BCUT2D eigenvalue weighted by Gasteiger charge is 1.75. The average Bonchev–Trinajstić information content (AvgIpc) is 1.91. The number of phenols is 1. The van der Waals surface area contributed by atoms with E-state index in [0.29, 0.717) is 5.75 Å². The molecule has 0 unspecified atom stereocenters. The molecule has 0 heterocycles. The molecule has 0 saturated carbocycles. The second-order valence-electron chi connectivity index (χ2n) is 1.36. The second kappa shape index (κ2) is 6.72. The van der Waals surface area contributed by atoms with E-state index in [1.807, 2.05) is 0 Å². The van der Waals surface area contributed by atoms with Gasteiger partial charge in [-0.2, -0.15) is 0 Å². The van der Waals surface area contributed by atoms with Gasteiger partial charge in [0, 0.05) is 0 Å². The van der Waals surface area contributed by atoms with Crippen LogP contribution in [0.5, 0.6) is 5.75 Å². The molecule has 1 N–H and O–H groups in total. The number of hydrogen-bond acceptors (Lipinski definition) is 1. The third kappa shape index (κ3) is 5.73. The van der Waals surface area contributed by atoms with Crippen LogP contribution in [-0.2, 0) is 0 Å². The summed E-state index contributed by atoms with van der Waals surface area (Å²) < 4.78 is 0. The topological polar surface area (TPSA) is 20.2 Å². The largest absolute Gasteiger partial charge is 0.508 e. The highest BCUT2D eigenvalue weighted by atomic mass is 35.5. The summed E-state index contributed by atoms with van der Waals surface area (Å²) in [7, 11) is 0. The van der Waals surface area contributed by atoms with Crippen LogP contribution in [0.2, 0.25) is 0 Å². The van der Waals surface area contributed by atoms with Crippen molar-refractivity contribution in [1.82, 2.24) is 0 Å². The number of alkyl halides is 2. The first kappa shape index (κ1) is 9.60. The number of phenolic OH excluding ortho intramolecular Hbond substituents is 1. The Morgan fingerprint density at radius 2 is 1.70 bits per heavy atom. The fraction of sp³-hybridized carbons (Fsp3) is 0.143. The van der Waals surface area contributed by atoms with Crippen LogP contribution in [0.4, 0.5) is 0 Å². The van der Waals surface area contributed by atoms with Crippen molar-refractivity contribution in [3.8, 4) is 5.75 Å². The lowest BCUT2D eigenvalue weighted by molar-refractivity contribution is 0.475. The summed E-state index contributed by atoms with van der Waals surface area (Å²) in [5.74, 6) is 0.291. The molecule has 1 radical (unpaired) electrons. The Kier molecular flexibility index (Phi) is 6.45. The molecular formula is C7H7Cl2O. The zero-order chi connectivity index (χ0) is 7.82. The standard InChI is InChI=1S/C6H5O.CH2Cl2/c7-6-4-2-1-3-5-6;2-1-3/h2-5,7H;1H2. The van der Waals surface area contributed by atoms with Gasteiger partial charge >= 0.3 is 0 Å². The Balaban J connectivity index is 0.000000236. The van der Waals surface area contributed by atoms with E-state index in [4.69, 9.17) is 28.3 Å². The van der Waals surface area contributed by atoms with Crippen molar-refractivity contribution >= 4 is 23.2 Å². The molecule has 55 valence electrons. The van der Waals surface area contributed by atoms with Gasteiger partial charge in [0.15, 0.2) is 0 Å². The minimum Gasteiger partial charge on any atom is -0.508 e. The Morgan fingerprint density at radius 1 is 1.30 bits per heavy atom. The number of halogens is 2. The van der Waals surface area contributed by atoms with Crippen molar-refractivity contribution in [2.24, 2.45) is 0 Å². The number of rotatable bonds is 0. The third-order valence-electron chi connectivity index (χ3n) is 0.701. The van der Waals surface area contributed by atoms with Crippen LogP contribution in [0.15, 0.2) is 24.3 Å². The molecule has 3 heteroatoms. The molecule has 0 spiro atoms. The van der Waals surface area contributed by atoms with Crippen molar-refractivity contribution in [3.63, 3.8) is 0 Å². The molecule has 0 aliphatic rings. The minimum absolute atomic E-state index is 0.194. The monoisotopic (exact) mass is 177 g/mol. The first-order valence-electron chi connectivity index (χ1n) is 2.58. The van der Waals surface area contributed by atoms with E-state index in [9.17, 15) is 0 Å². The van der Waals surface area contributed by atoms with Gasteiger partial charge in [0.1, 0.15) is 5.75 Å². The summed E-state index contributed by atoms with van der Waals surface area (Å²) in [4.78, 5) is 0. The first-order chi connectivity index (χ1) is 4.81.